The zero-order valence-corrected chi connectivity index (χ0v) is 13.0. The highest BCUT2D eigenvalue weighted by atomic mass is 19.1. The van der Waals surface area contributed by atoms with Gasteiger partial charge in [-0.05, 0) is 54.5 Å². The van der Waals surface area contributed by atoms with Crippen molar-refractivity contribution in [1.29, 1.82) is 0 Å². The van der Waals surface area contributed by atoms with Crippen molar-refractivity contribution >= 4 is 5.91 Å². The lowest BCUT2D eigenvalue weighted by atomic mass is 9.87. The zero-order chi connectivity index (χ0) is 16.4. The molecule has 1 atom stereocenters. The van der Waals surface area contributed by atoms with Gasteiger partial charge in [-0.25, -0.2) is 4.39 Å². The Morgan fingerprint density at radius 2 is 2.22 bits per heavy atom. The van der Waals surface area contributed by atoms with Crippen LogP contribution in [-0.2, 0) is 19.4 Å². The largest absolute Gasteiger partial charge is 0.348 e. The molecule has 0 saturated heterocycles. The predicted molar refractivity (Wildman–Crippen MR) is 85.8 cm³/mol. The Bertz CT molecular complexity index is 798. The lowest BCUT2D eigenvalue weighted by Gasteiger charge is -2.21. The number of rotatable bonds is 3. The van der Waals surface area contributed by atoms with Crippen molar-refractivity contribution in [3.05, 3.63) is 68.9 Å². The molecule has 0 spiro atoms. The molecule has 0 radical (unpaired) electrons. The van der Waals surface area contributed by atoms with Crippen molar-refractivity contribution in [2.45, 2.75) is 32.7 Å². The summed E-state index contributed by atoms with van der Waals surface area (Å²) in [7, 11) is 0. The highest BCUT2D eigenvalue weighted by Gasteiger charge is 2.20. The fourth-order valence-corrected chi connectivity index (χ4v) is 2.98. The summed E-state index contributed by atoms with van der Waals surface area (Å²) in [5, 5.41) is 2.68. The van der Waals surface area contributed by atoms with E-state index in [4.69, 9.17) is 0 Å². The number of fused-ring (bicyclic) bond motifs is 1. The molecule has 0 bridgehead atoms. The number of carbonyl (C=O) groups is 1. The molecule has 5 heteroatoms. The number of hydrogen-bond donors (Lipinski definition) is 2. The second-order valence-electron chi connectivity index (χ2n) is 6.18. The van der Waals surface area contributed by atoms with Gasteiger partial charge < -0.3 is 10.3 Å². The van der Waals surface area contributed by atoms with Crippen molar-refractivity contribution in [3.8, 4) is 0 Å². The molecule has 1 aliphatic rings. The molecule has 1 amide bonds. The van der Waals surface area contributed by atoms with Crippen LogP contribution in [0, 0.1) is 11.7 Å². The van der Waals surface area contributed by atoms with Crippen LogP contribution in [0.15, 0.2) is 35.1 Å². The van der Waals surface area contributed by atoms with Crippen LogP contribution >= 0.6 is 0 Å². The van der Waals surface area contributed by atoms with Gasteiger partial charge in [0, 0.05) is 12.2 Å². The van der Waals surface area contributed by atoms with Gasteiger partial charge in [0.2, 0.25) is 0 Å². The highest BCUT2D eigenvalue weighted by Crippen LogP contribution is 2.23. The highest BCUT2D eigenvalue weighted by molar-refractivity contribution is 5.94. The molecular weight excluding hydrogens is 295 g/mol. The zero-order valence-electron chi connectivity index (χ0n) is 13.0. The molecule has 1 aromatic carbocycles. The third kappa shape index (κ3) is 3.50. The third-order valence-electron chi connectivity index (χ3n) is 4.26. The molecule has 120 valence electrons. The number of aromatic nitrogens is 1. The summed E-state index contributed by atoms with van der Waals surface area (Å²) in [5.74, 6) is -0.231. The number of amides is 1. The van der Waals surface area contributed by atoms with E-state index in [0.29, 0.717) is 11.5 Å². The Hall–Kier alpha value is -2.43. The van der Waals surface area contributed by atoms with Gasteiger partial charge in [0.25, 0.3) is 11.5 Å². The average molecular weight is 314 g/mol. The van der Waals surface area contributed by atoms with Gasteiger partial charge in [-0.2, -0.15) is 0 Å². The van der Waals surface area contributed by atoms with Crippen LogP contribution in [-0.4, -0.2) is 10.9 Å². The number of H-pyrrole nitrogens is 1. The molecule has 23 heavy (non-hydrogen) atoms. The van der Waals surface area contributed by atoms with Gasteiger partial charge in [-0.1, -0.05) is 19.1 Å². The Morgan fingerprint density at radius 3 is 3.00 bits per heavy atom. The second kappa shape index (κ2) is 6.36. The fourth-order valence-electron chi connectivity index (χ4n) is 2.98. The number of aromatic amines is 1. The lowest BCUT2D eigenvalue weighted by molar-refractivity contribution is 0.0949. The molecule has 2 aromatic rings. The van der Waals surface area contributed by atoms with E-state index >= 15 is 0 Å². The second-order valence-corrected chi connectivity index (χ2v) is 6.18. The Morgan fingerprint density at radius 1 is 1.39 bits per heavy atom. The Kier molecular flexibility index (Phi) is 4.28. The van der Waals surface area contributed by atoms with Crippen LogP contribution < -0.4 is 10.9 Å². The quantitative estimate of drug-likeness (QED) is 0.914. The minimum atomic E-state index is -0.434. The first-order valence-corrected chi connectivity index (χ1v) is 7.80. The lowest BCUT2D eigenvalue weighted by Crippen LogP contribution is -2.31. The summed E-state index contributed by atoms with van der Waals surface area (Å²) < 4.78 is 13.1. The van der Waals surface area contributed by atoms with Gasteiger partial charge in [0.1, 0.15) is 11.4 Å². The molecule has 0 fully saturated rings. The number of aryl methyl sites for hydroxylation is 1. The summed E-state index contributed by atoms with van der Waals surface area (Å²) in [4.78, 5) is 27.2. The first-order valence-electron chi connectivity index (χ1n) is 7.80. The van der Waals surface area contributed by atoms with Crippen molar-refractivity contribution in [3.63, 3.8) is 0 Å². The number of halogens is 1. The van der Waals surface area contributed by atoms with E-state index < -0.39 is 5.91 Å². The van der Waals surface area contributed by atoms with Crippen molar-refractivity contribution in [2.75, 3.05) is 0 Å². The van der Waals surface area contributed by atoms with Gasteiger partial charge in [0.05, 0.1) is 0 Å². The smallest absolute Gasteiger partial charge is 0.261 e. The number of carbonyl (C=O) groups excluding carboxylic acids is 1. The van der Waals surface area contributed by atoms with E-state index in [1.807, 2.05) is 0 Å². The van der Waals surface area contributed by atoms with Crippen LogP contribution in [0.1, 0.15) is 40.5 Å². The SMILES string of the molecule is C[C@H]1CCc2[nH]c(=O)c(C(=O)NCc3cccc(F)c3)cc2C1. The van der Waals surface area contributed by atoms with Gasteiger partial charge in [0.15, 0.2) is 0 Å². The number of pyridine rings is 1. The Labute approximate surface area is 133 Å². The minimum absolute atomic E-state index is 0.120. The van der Waals surface area contributed by atoms with Gasteiger partial charge in [-0.3, -0.25) is 9.59 Å². The standard InChI is InChI=1S/C18H19FN2O2/c1-11-5-6-16-13(7-11)9-15(18(23)21-16)17(22)20-10-12-3-2-4-14(19)8-12/h2-4,8-9,11H,5-7,10H2,1H3,(H,20,22)(H,21,23)/t11-/m0/s1. The fraction of sp³-hybridized carbons (Fsp3) is 0.333. The van der Waals surface area contributed by atoms with Crippen LogP contribution in [0.2, 0.25) is 0 Å². The molecule has 0 saturated carbocycles. The van der Waals surface area contributed by atoms with E-state index in [2.05, 4.69) is 17.2 Å². The molecular formula is C18H19FN2O2. The van der Waals surface area contributed by atoms with Crippen molar-refractivity contribution < 1.29 is 9.18 Å². The number of nitrogens with one attached hydrogen (secondary N) is 2. The van der Waals surface area contributed by atoms with Crippen LogP contribution in [0.25, 0.3) is 0 Å². The number of benzene rings is 1. The van der Waals surface area contributed by atoms with Crippen LogP contribution in [0.5, 0.6) is 0 Å². The molecule has 1 heterocycles. The summed E-state index contributed by atoms with van der Waals surface area (Å²) in [6.45, 7) is 2.35. The Balaban J connectivity index is 1.77. The van der Waals surface area contributed by atoms with E-state index in [1.54, 1.807) is 18.2 Å². The van der Waals surface area contributed by atoms with Crippen molar-refractivity contribution in [1.82, 2.24) is 10.3 Å². The first-order chi connectivity index (χ1) is 11.0. The van der Waals surface area contributed by atoms with E-state index in [1.165, 1.54) is 12.1 Å². The van der Waals surface area contributed by atoms with E-state index in [0.717, 1.165) is 30.5 Å². The summed E-state index contributed by atoms with van der Waals surface area (Å²) >= 11 is 0. The van der Waals surface area contributed by atoms with Gasteiger partial charge >= 0.3 is 0 Å². The van der Waals surface area contributed by atoms with Crippen LogP contribution in [0.3, 0.4) is 0 Å². The minimum Gasteiger partial charge on any atom is -0.348 e. The maximum Gasteiger partial charge on any atom is 0.261 e. The molecule has 0 aliphatic heterocycles. The first kappa shape index (κ1) is 15.5. The number of hydrogen-bond acceptors (Lipinski definition) is 2. The average Bonchev–Trinajstić information content (AvgIpc) is 2.52. The monoisotopic (exact) mass is 314 g/mol. The normalized spacial score (nSPS) is 16.7. The summed E-state index contributed by atoms with van der Waals surface area (Å²) in [5.41, 5.74) is 2.39. The molecule has 4 nitrogen and oxygen atoms in total. The maximum absolute atomic E-state index is 13.1. The predicted octanol–water partition coefficient (Wildman–Crippen LogP) is 2.57. The van der Waals surface area contributed by atoms with E-state index in [9.17, 15) is 14.0 Å². The molecule has 0 unspecified atom stereocenters. The third-order valence-corrected chi connectivity index (χ3v) is 4.26. The molecule has 2 N–H and O–H groups in total. The van der Waals surface area contributed by atoms with Crippen LogP contribution in [0.4, 0.5) is 4.39 Å². The van der Waals surface area contributed by atoms with Gasteiger partial charge in [-0.15, -0.1) is 0 Å². The van der Waals surface area contributed by atoms with Crippen molar-refractivity contribution in [2.24, 2.45) is 5.92 Å². The summed E-state index contributed by atoms with van der Waals surface area (Å²) in [6, 6.07) is 7.72. The topological polar surface area (TPSA) is 62.0 Å². The molecule has 1 aromatic heterocycles. The van der Waals surface area contributed by atoms with E-state index in [-0.39, 0.29) is 23.5 Å². The maximum atomic E-state index is 13.1. The molecule has 3 rings (SSSR count). The molecule has 1 aliphatic carbocycles. The summed E-state index contributed by atoms with van der Waals surface area (Å²) in [6.07, 6.45) is 2.77.